The van der Waals surface area contributed by atoms with Gasteiger partial charge in [-0.3, -0.25) is 0 Å². The van der Waals surface area contributed by atoms with Crippen LogP contribution in [0.4, 0.5) is 0 Å². The van der Waals surface area contributed by atoms with Crippen LogP contribution in [0, 0.1) is 19.3 Å². The van der Waals surface area contributed by atoms with Gasteiger partial charge in [-0.15, -0.1) is 0 Å². The molecule has 0 aromatic heterocycles. The van der Waals surface area contributed by atoms with Gasteiger partial charge in [-0.05, 0) is 42.9 Å². The Bertz CT molecular complexity index is 356. The minimum atomic E-state index is -0.786. The lowest BCUT2D eigenvalue weighted by molar-refractivity contribution is -0.0470. The molecule has 1 heteroatoms. The fraction of sp³-hybridized carbons (Fsp3) is 0.571. The summed E-state index contributed by atoms with van der Waals surface area (Å²) in [4.78, 5) is 0. The van der Waals surface area contributed by atoms with Gasteiger partial charge in [0, 0.05) is 0 Å². The van der Waals surface area contributed by atoms with E-state index in [0.717, 1.165) is 5.56 Å². The Hall–Kier alpha value is -0.820. The lowest BCUT2D eigenvalue weighted by atomic mass is 9.73. The molecule has 0 aliphatic rings. The second-order valence-corrected chi connectivity index (χ2v) is 5.62. The van der Waals surface area contributed by atoms with Crippen molar-refractivity contribution in [2.24, 2.45) is 5.41 Å². The van der Waals surface area contributed by atoms with Crippen molar-refractivity contribution in [1.82, 2.24) is 0 Å². The summed E-state index contributed by atoms with van der Waals surface area (Å²) in [6.45, 7) is 12.2. The minimum Gasteiger partial charge on any atom is -0.385 e. The van der Waals surface area contributed by atoms with E-state index in [1.165, 1.54) is 11.1 Å². The Balaban J connectivity index is 3.22. The first-order valence-electron chi connectivity index (χ1n) is 5.46. The van der Waals surface area contributed by atoms with E-state index in [9.17, 15) is 5.11 Å². The summed E-state index contributed by atoms with van der Waals surface area (Å²) in [5, 5.41) is 10.5. The predicted molar refractivity (Wildman–Crippen MR) is 64.9 cm³/mol. The van der Waals surface area contributed by atoms with Crippen molar-refractivity contribution in [3.05, 3.63) is 34.9 Å². The van der Waals surface area contributed by atoms with Gasteiger partial charge in [0.1, 0.15) is 0 Å². The summed E-state index contributed by atoms with van der Waals surface area (Å²) in [6.07, 6.45) is 0. The molecule has 1 aromatic carbocycles. The van der Waals surface area contributed by atoms with E-state index in [1.54, 1.807) is 0 Å². The fourth-order valence-corrected chi connectivity index (χ4v) is 1.48. The van der Waals surface area contributed by atoms with Gasteiger partial charge < -0.3 is 5.11 Å². The Morgan fingerprint density at radius 3 is 1.87 bits per heavy atom. The molecule has 0 spiro atoms. The van der Waals surface area contributed by atoms with Gasteiger partial charge in [0.05, 0.1) is 5.60 Å². The third kappa shape index (κ3) is 2.23. The fourth-order valence-electron chi connectivity index (χ4n) is 1.48. The van der Waals surface area contributed by atoms with Gasteiger partial charge in [0.25, 0.3) is 0 Å². The zero-order valence-electron chi connectivity index (χ0n) is 10.7. The summed E-state index contributed by atoms with van der Waals surface area (Å²) in [5.74, 6) is 0. The van der Waals surface area contributed by atoms with Crippen LogP contribution in [0.5, 0.6) is 0 Å². The average molecular weight is 206 g/mol. The van der Waals surface area contributed by atoms with Gasteiger partial charge in [0.2, 0.25) is 0 Å². The van der Waals surface area contributed by atoms with Crippen molar-refractivity contribution in [3.8, 4) is 0 Å². The van der Waals surface area contributed by atoms with Crippen molar-refractivity contribution >= 4 is 0 Å². The van der Waals surface area contributed by atoms with Crippen LogP contribution in [0.25, 0.3) is 0 Å². The molecule has 84 valence electrons. The molecular weight excluding hydrogens is 184 g/mol. The van der Waals surface area contributed by atoms with Gasteiger partial charge in [-0.1, -0.05) is 39.0 Å². The Morgan fingerprint density at radius 2 is 1.47 bits per heavy atom. The largest absolute Gasteiger partial charge is 0.385 e. The highest BCUT2D eigenvalue weighted by Gasteiger charge is 2.36. The third-order valence-electron chi connectivity index (χ3n) is 3.53. The van der Waals surface area contributed by atoms with Crippen molar-refractivity contribution in [1.29, 1.82) is 0 Å². The monoisotopic (exact) mass is 206 g/mol. The summed E-state index contributed by atoms with van der Waals surface area (Å²) < 4.78 is 0. The van der Waals surface area contributed by atoms with Crippen LogP contribution < -0.4 is 0 Å². The highest BCUT2D eigenvalue weighted by molar-refractivity contribution is 5.33. The first-order valence-corrected chi connectivity index (χ1v) is 5.46. The number of rotatable bonds is 1. The maximum absolute atomic E-state index is 10.5. The van der Waals surface area contributed by atoms with E-state index < -0.39 is 5.60 Å². The standard InChI is InChI=1S/C14H22O/c1-10-7-8-12(9-11(10)2)14(6,15)13(3,4)5/h7-9,15H,1-6H3. The number of hydrogen-bond acceptors (Lipinski definition) is 1. The molecule has 0 heterocycles. The lowest BCUT2D eigenvalue weighted by Crippen LogP contribution is -2.36. The number of benzene rings is 1. The number of hydrogen-bond donors (Lipinski definition) is 1. The van der Waals surface area contributed by atoms with E-state index in [4.69, 9.17) is 0 Å². The van der Waals surface area contributed by atoms with Crippen LogP contribution in [-0.2, 0) is 5.60 Å². The SMILES string of the molecule is Cc1ccc(C(C)(O)C(C)(C)C)cc1C. The van der Waals surface area contributed by atoms with Crippen molar-refractivity contribution in [2.45, 2.75) is 47.1 Å². The summed E-state index contributed by atoms with van der Waals surface area (Å²) in [5.41, 5.74) is 2.55. The molecule has 1 unspecified atom stereocenters. The summed E-state index contributed by atoms with van der Waals surface area (Å²) >= 11 is 0. The smallest absolute Gasteiger partial charge is 0.0916 e. The normalized spacial score (nSPS) is 16.2. The van der Waals surface area contributed by atoms with Crippen LogP contribution in [0.2, 0.25) is 0 Å². The molecule has 15 heavy (non-hydrogen) atoms. The zero-order valence-corrected chi connectivity index (χ0v) is 10.7. The van der Waals surface area contributed by atoms with Crippen LogP contribution in [0.15, 0.2) is 18.2 Å². The van der Waals surface area contributed by atoms with Crippen LogP contribution >= 0.6 is 0 Å². The molecule has 1 atom stereocenters. The highest BCUT2D eigenvalue weighted by atomic mass is 16.3. The third-order valence-corrected chi connectivity index (χ3v) is 3.53. The number of aliphatic hydroxyl groups is 1. The molecule has 1 N–H and O–H groups in total. The van der Waals surface area contributed by atoms with Crippen LogP contribution in [-0.4, -0.2) is 5.11 Å². The van der Waals surface area contributed by atoms with Crippen LogP contribution in [0.3, 0.4) is 0 Å². The number of aryl methyl sites for hydroxylation is 2. The van der Waals surface area contributed by atoms with E-state index in [0.29, 0.717) is 0 Å². The quantitative estimate of drug-likeness (QED) is 0.745. The molecule has 0 aliphatic carbocycles. The Morgan fingerprint density at radius 1 is 0.933 bits per heavy atom. The van der Waals surface area contributed by atoms with Gasteiger partial charge in [-0.25, -0.2) is 0 Å². The molecule has 0 radical (unpaired) electrons. The Kier molecular flexibility index (Phi) is 2.97. The molecule has 1 rings (SSSR count). The molecule has 0 bridgehead atoms. The van der Waals surface area contributed by atoms with Crippen LogP contribution in [0.1, 0.15) is 44.4 Å². The summed E-state index contributed by atoms with van der Waals surface area (Å²) in [7, 11) is 0. The average Bonchev–Trinajstić information content (AvgIpc) is 2.07. The molecule has 0 saturated carbocycles. The van der Waals surface area contributed by atoms with Gasteiger partial charge in [-0.2, -0.15) is 0 Å². The van der Waals surface area contributed by atoms with Crippen molar-refractivity contribution in [3.63, 3.8) is 0 Å². The molecule has 0 saturated heterocycles. The second-order valence-electron chi connectivity index (χ2n) is 5.62. The highest BCUT2D eigenvalue weighted by Crippen LogP contribution is 2.39. The first-order chi connectivity index (χ1) is 6.66. The molecular formula is C14H22O. The predicted octanol–water partition coefficient (Wildman–Crippen LogP) is 3.56. The van der Waals surface area contributed by atoms with E-state index in [1.807, 2.05) is 13.0 Å². The first kappa shape index (κ1) is 12.3. The molecule has 1 aromatic rings. The van der Waals surface area contributed by atoms with E-state index in [2.05, 4.69) is 46.8 Å². The minimum absolute atomic E-state index is 0.158. The molecule has 0 fully saturated rings. The van der Waals surface area contributed by atoms with Crippen molar-refractivity contribution < 1.29 is 5.11 Å². The molecule has 0 amide bonds. The molecule has 1 nitrogen and oxygen atoms in total. The van der Waals surface area contributed by atoms with Crippen molar-refractivity contribution in [2.75, 3.05) is 0 Å². The lowest BCUT2D eigenvalue weighted by Gasteiger charge is -2.37. The second kappa shape index (κ2) is 3.64. The van der Waals surface area contributed by atoms with Gasteiger partial charge in [0.15, 0.2) is 0 Å². The van der Waals surface area contributed by atoms with E-state index >= 15 is 0 Å². The van der Waals surface area contributed by atoms with E-state index in [-0.39, 0.29) is 5.41 Å². The summed E-state index contributed by atoms with van der Waals surface area (Å²) in [6, 6.07) is 6.18. The topological polar surface area (TPSA) is 20.2 Å². The maximum Gasteiger partial charge on any atom is 0.0916 e. The Labute approximate surface area is 93.1 Å². The van der Waals surface area contributed by atoms with Gasteiger partial charge >= 0.3 is 0 Å². The maximum atomic E-state index is 10.5. The molecule has 0 aliphatic heterocycles. The zero-order chi connectivity index (χ0) is 11.9.